The highest BCUT2D eigenvalue weighted by atomic mass is 16.4. The van der Waals surface area contributed by atoms with Gasteiger partial charge < -0.3 is 10.4 Å². The minimum Gasteiger partial charge on any atom is -0.481 e. The molecule has 1 aliphatic rings. The van der Waals surface area contributed by atoms with E-state index in [0.717, 1.165) is 0 Å². The quantitative estimate of drug-likeness (QED) is 0.738. The molecule has 0 aromatic rings. The minimum absolute atomic E-state index is 0.0208. The van der Waals surface area contributed by atoms with Gasteiger partial charge in [-0.05, 0) is 25.2 Å². The van der Waals surface area contributed by atoms with E-state index in [0.29, 0.717) is 31.7 Å². The Labute approximate surface area is 90.0 Å². The van der Waals surface area contributed by atoms with Crippen molar-refractivity contribution in [3.05, 3.63) is 0 Å². The molecule has 0 bridgehead atoms. The van der Waals surface area contributed by atoms with Crippen LogP contribution in [0.5, 0.6) is 0 Å². The van der Waals surface area contributed by atoms with Gasteiger partial charge in [-0.15, -0.1) is 0 Å². The summed E-state index contributed by atoms with van der Waals surface area (Å²) in [6.45, 7) is 4.75. The Morgan fingerprint density at radius 2 is 1.93 bits per heavy atom. The number of aliphatic carboxylic acids is 1. The van der Waals surface area contributed by atoms with Crippen molar-refractivity contribution in [2.75, 3.05) is 6.54 Å². The highest BCUT2D eigenvalue weighted by molar-refractivity contribution is 5.80. The Hall–Kier alpha value is -1.06. The zero-order valence-electron chi connectivity index (χ0n) is 9.32. The maximum Gasteiger partial charge on any atom is 0.306 e. The third-order valence-electron chi connectivity index (χ3n) is 2.84. The molecule has 2 N–H and O–H groups in total. The van der Waals surface area contributed by atoms with Gasteiger partial charge in [0.2, 0.25) is 5.91 Å². The number of rotatable bonds is 4. The van der Waals surface area contributed by atoms with Gasteiger partial charge in [0, 0.05) is 12.5 Å². The molecule has 0 spiro atoms. The fourth-order valence-electron chi connectivity index (χ4n) is 1.89. The summed E-state index contributed by atoms with van der Waals surface area (Å²) < 4.78 is 0. The molecule has 0 heterocycles. The first kappa shape index (κ1) is 12.0. The van der Waals surface area contributed by atoms with Crippen LogP contribution in [0.15, 0.2) is 0 Å². The molecule has 4 nitrogen and oxygen atoms in total. The van der Waals surface area contributed by atoms with E-state index in [1.165, 1.54) is 0 Å². The highest BCUT2D eigenvalue weighted by Crippen LogP contribution is 2.31. The van der Waals surface area contributed by atoms with Gasteiger partial charge in [-0.1, -0.05) is 13.8 Å². The average molecular weight is 213 g/mol. The second kappa shape index (κ2) is 5.14. The molecule has 0 aromatic carbocycles. The summed E-state index contributed by atoms with van der Waals surface area (Å²) in [4.78, 5) is 22.3. The third-order valence-corrected chi connectivity index (χ3v) is 2.84. The first-order valence-corrected chi connectivity index (χ1v) is 5.51. The lowest BCUT2D eigenvalue weighted by Gasteiger charge is -2.12. The molecule has 0 unspecified atom stereocenters. The standard InChI is InChI=1S/C11H19NO3/c1-7(2)6-12-10(13)8-3-4-9(5-8)11(14)15/h7-9H,3-6H2,1-2H3,(H,12,13)(H,14,15)/t8-,9+/m1/s1. The summed E-state index contributed by atoms with van der Waals surface area (Å²) in [5, 5.41) is 11.7. The van der Waals surface area contributed by atoms with Crippen LogP contribution in [0.25, 0.3) is 0 Å². The fraction of sp³-hybridized carbons (Fsp3) is 0.818. The summed E-state index contributed by atoms with van der Waals surface area (Å²) >= 11 is 0. The molecular formula is C11H19NO3. The lowest BCUT2D eigenvalue weighted by molar-refractivity contribution is -0.141. The monoisotopic (exact) mass is 213 g/mol. The number of carbonyl (C=O) groups is 2. The normalized spacial score (nSPS) is 25.5. The van der Waals surface area contributed by atoms with Crippen LogP contribution in [0.4, 0.5) is 0 Å². The Bertz CT molecular complexity index is 250. The lowest BCUT2D eigenvalue weighted by Crippen LogP contribution is -2.32. The Morgan fingerprint density at radius 3 is 2.40 bits per heavy atom. The predicted molar refractivity (Wildman–Crippen MR) is 56.3 cm³/mol. The summed E-state index contributed by atoms with van der Waals surface area (Å²) in [5.41, 5.74) is 0. The van der Waals surface area contributed by atoms with E-state index in [4.69, 9.17) is 5.11 Å². The molecule has 4 heteroatoms. The van der Waals surface area contributed by atoms with Crippen molar-refractivity contribution in [3.8, 4) is 0 Å². The van der Waals surface area contributed by atoms with E-state index in [1.54, 1.807) is 0 Å². The van der Waals surface area contributed by atoms with E-state index in [1.807, 2.05) is 13.8 Å². The smallest absolute Gasteiger partial charge is 0.306 e. The number of carboxylic acid groups (broad SMARTS) is 1. The second-order valence-corrected chi connectivity index (χ2v) is 4.68. The lowest BCUT2D eigenvalue weighted by atomic mass is 10.0. The molecular weight excluding hydrogens is 194 g/mol. The summed E-state index contributed by atoms with van der Waals surface area (Å²) in [5.74, 6) is -0.725. The zero-order valence-corrected chi connectivity index (χ0v) is 9.32. The number of hydrogen-bond donors (Lipinski definition) is 2. The van der Waals surface area contributed by atoms with Gasteiger partial charge in [-0.2, -0.15) is 0 Å². The highest BCUT2D eigenvalue weighted by Gasteiger charge is 2.33. The molecule has 2 atom stereocenters. The number of nitrogens with one attached hydrogen (secondary N) is 1. The van der Waals surface area contributed by atoms with Crippen LogP contribution < -0.4 is 5.32 Å². The molecule has 1 aliphatic carbocycles. The minimum atomic E-state index is -0.769. The number of carboxylic acids is 1. The number of carbonyl (C=O) groups excluding carboxylic acids is 1. The van der Waals surface area contributed by atoms with Crippen LogP contribution in [-0.2, 0) is 9.59 Å². The summed E-state index contributed by atoms with van der Waals surface area (Å²) in [6.07, 6.45) is 1.84. The van der Waals surface area contributed by atoms with E-state index >= 15 is 0 Å². The van der Waals surface area contributed by atoms with Gasteiger partial charge >= 0.3 is 5.97 Å². The van der Waals surface area contributed by atoms with Crippen LogP contribution >= 0.6 is 0 Å². The largest absolute Gasteiger partial charge is 0.481 e. The van der Waals surface area contributed by atoms with Gasteiger partial charge in [0.25, 0.3) is 0 Å². The Kier molecular flexibility index (Phi) is 4.12. The molecule has 1 rings (SSSR count). The molecule has 0 radical (unpaired) electrons. The number of amides is 1. The van der Waals surface area contributed by atoms with Gasteiger partial charge in [0.15, 0.2) is 0 Å². The maximum atomic E-state index is 11.6. The molecule has 1 amide bonds. The molecule has 86 valence electrons. The maximum absolute atomic E-state index is 11.6. The van der Waals surface area contributed by atoms with Crippen LogP contribution in [-0.4, -0.2) is 23.5 Å². The van der Waals surface area contributed by atoms with E-state index in [-0.39, 0.29) is 17.7 Å². The van der Waals surface area contributed by atoms with Gasteiger partial charge in [0.1, 0.15) is 0 Å². The van der Waals surface area contributed by atoms with Crippen LogP contribution in [0.3, 0.4) is 0 Å². The Balaban J connectivity index is 2.33. The van der Waals surface area contributed by atoms with Gasteiger partial charge in [-0.25, -0.2) is 0 Å². The Morgan fingerprint density at radius 1 is 1.33 bits per heavy atom. The van der Waals surface area contributed by atoms with Crippen LogP contribution in [0.1, 0.15) is 33.1 Å². The van der Waals surface area contributed by atoms with E-state index in [9.17, 15) is 9.59 Å². The summed E-state index contributed by atoms with van der Waals surface area (Å²) in [6, 6.07) is 0. The first-order chi connectivity index (χ1) is 7.00. The van der Waals surface area contributed by atoms with Crippen molar-refractivity contribution in [2.45, 2.75) is 33.1 Å². The van der Waals surface area contributed by atoms with Crippen molar-refractivity contribution in [1.82, 2.24) is 5.32 Å². The molecule has 0 aliphatic heterocycles. The third kappa shape index (κ3) is 3.53. The van der Waals surface area contributed by atoms with E-state index in [2.05, 4.69) is 5.32 Å². The topological polar surface area (TPSA) is 66.4 Å². The average Bonchev–Trinajstić information content (AvgIpc) is 2.62. The van der Waals surface area contributed by atoms with Gasteiger partial charge in [0.05, 0.1) is 5.92 Å². The van der Waals surface area contributed by atoms with Gasteiger partial charge in [-0.3, -0.25) is 9.59 Å². The zero-order chi connectivity index (χ0) is 11.4. The van der Waals surface area contributed by atoms with E-state index < -0.39 is 5.97 Å². The molecule has 15 heavy (non-hydrogen) atoms. The first-order valence-electron chi connectivity index (χ1n) is 5.51. The SMILES string of the molecule is CC(C)CNC(=O)[C@@H]1CC[C@H](C(=O)O)C1. The van der Waals surface area contributed by atoms with Crippen molar-refractivity contribution in [1.29, 1.82) is 0 Å². The summed E-state index contributed by atoms with van der Waals surface area (Å²) in [7, 11) is 0. The van der Waals surface area contributed by atoms with Crippen molar-refractivity contribution in [3.63, 3.8) is 0 Å². The fourth-order valence-corrected chi connectivity index (χ4v) is 1.89. The van der Waals surface area contributed by atoms with Crippen molar-refractivity contribution < 1.29 is 14.7 Å². The van der Waals surface area contributed by atoms with Crippen molar-refractivity contribution in [2.24, 2.45) is 17.8 Å². The molecule has 1 fully saturated rings. The molecule has 1 saturated carbocycles. The number of hydrogen-bond acceptors (Lipinski definition) is 2. The predicted octanol–water partition coefficient (Wildman–Crippen LogP) is 1.26. The molecule has 0 saturated heterocycles. The second-order valence-electron chi connectivity index (χ2n) is 4.68. The van der Waals surface area contributed by atoms with Crippen molar-refractivity contribution >= 4 is 11.9 Å². The van der Waals surface area contributed by atoms with Crippen LogP contribution in [0.2, 0.25) is 0 Å². The molecule has 0 aromatic heterocycles. The van der Waals surface area contributed by atoms with Crippen LogP contribution in [0, 0.1) is 17.8 Å².